The molecule has 0 aliphatic carbocycles. The number of pyridine rings is 1. The number of rotatable bonds is 3. The Balaban J connectivity index is 2.11. The normalized spacial score (nSPS) is 16.1. The van der Waals surface area contributed by atoms with E-state index in [1.807, 2.05) is 12.1 Å². The highest BCUT2D eigenvalue weighted by molar-refractivity contribution is 5.70. The van der Waals surface area contributed by atoms with Gasteiger partial charge in [0, 0.05) is 25.0 Å². The van der Waals surface area contributed by atoms with E-state index in [2.05, 4.69) is 9.88 Å². The fourth-order valence-electron chi connectivity index (χ4n) is 2.07. The summed E-state index contributed by atoms with van der Waals surface area (Å²) in [7, 11) is 0. The molecular weight excluding hydrogens is 204 g/mol. The summed E-state index contributed by atoms with van der Waals surface area (Å²) >= 11 is 0. The predicted octanol–water partition coefficient (Wildman–Crippen LogP) is 1.70. The zero-order chi connectivity index (χ0) is 11.4. The zero-order valence-corrected chi connectivity index (χ0v) is 9.22. The minimum Gasteiger partial charge on any atom is -0.481 e. The Morgan fingerprint density at radius 3 is 2.81 bits per heavy atom. The summed E-state index contributed by atoms with van der Waals surface area (Å²) in [6.45, 7) is 2.13. The summed E-state index contributed by atoms with van der Waals surface area (Å²) in [5, 5.41) is 8.71. The van der Waals surface area contributed by atoms with Crippen LogP contribution in [0.1, 0.15) is 25.0 Å². The molecule has 0 atom stereocenters. The van der Waals surface area contributed by atoms with Crippen LogP contribution in [0.4, 0.5) is 5.69 Å². The lowest BCUT2D eigenvalue weighted by Gasteiger charge is -2.28. The van der Waals surface area contributed by atoms with Crippen LogP contribution in [0.2, 0.25) is 0 Å². The Morgan fingerprint density at radius 1 is 1.38 bits per heavy atom. The van der Waals surface area contributed by atoms with Gasteiger partial charge in [-0.1, -0.05) is 0 Å². The molecule has 16 heavy (non-hydrogen) atoms. The van der Waals surface area contributed by atoms with Gasteiger partial charge in [-0.3, -0.25) is 9.78 Å². The highest BCUT2D eigenvalue weighted by atomic mass is 16.4. The Kier molecular flexibility index (Phi) is 3.39. The molecule has 0 aromatic carbocycles. The van der Waals surface area contributed by atoms with Gasteiger partial charge in [-0.05, 0) is 31.4 Å². The maximum atomic E-state index is 10.6. The number of piperidine rings is 1. The van der Waals surface area contributed by atoms with Crippen molar-refractivity contribution >= 4 is 11.7 Å². The fraction of sp³-hybridized carbons (Fsp3) is 0.500. The molecule has 1 N–H and O–H groups in total. The van der Waals surface area contributed by atoms with Crippen molar-refractivity contribution < 1.29 is 9.90 Å². The third kappa shape index (κ3) is 2.72. The molecule has 0 bridgehead atoms. The first-order valence-electron chi connectivity index (χ1n) is 5.67. The van der Waals surface area contributed by atoms with Crippen LogP contribution < -0.4 is 4.90 Å². The minimum atomic E-state index is -0.830. The smallest absolute Gasteiger partial charge is 0.309 e. The number of aromatic nitrogens is 1. The van der Waals surface area contributed by atoms with E-state index >= 15 is 0 Å². The fourth-order valence-corrected chi connectivity index (χ4v) is 2.07. The van der Waals surface area contributed by atoms with Crippen LogP contribution in [0.15, 0.2) is 18.3 Å². The summed E-state index contributed by atoms with van der Waals surface area (Å²) in [6, 6.07) is 3.84. The van der Waals surface area contributed by atoms with Gasteiger partial charge in [0.05, 0.1) is 12.1 Å². The van der Waals surface area contributed by atoms with E-state index in [4.69, 9.17) is 5.11 Å². The molecule has 2 rings (SSSR count). The summed E-state index contributed by atoms with van der Waals surface area (Å²) in [4.78, 5) is 17.0. The minimum absolute atomic E-state index is 0.00167. The van der Waals surface area contributed by atoms with Crippen LogP contribution in [0.3, 0.4) is 0 Å². The Hall–Kier alpha value is -1.58. The highest BCUT2D eigenvalue weighted by Crippen LogP contribution is 2.19. The highest BCUT2D eigenvalue weighted by Gasteiger charge is 2.12. The van der Waals surface area contributed by atoms with Gasteiger partial charge in [0.2, 0.25) is 0 Å². The Bertz CT molecular complexity index is 373. The SMILES string of the molecule is O=C(O)Cc1cc(N2CCCCC2)ccn1. The van der Waals surface area contributed by atoms with Crippen molar-refractivity contribution in [2.24, 2.45) is 0 Å². The van der Waals surface area contributed by atoms with E-state index in [1.165, 1.54) is 19.3 Å². The van der Waals surface area contributed by atoms with Crippen molar-refractivity contribution in [1.82, 2.24) is 4.98 Å². The third-order valence-corrected chi connectivity index (χ3v) is 2.85. The summed E-state index contributed by atoms with van der Waals surface area (Å²) in [5.74, 6) is -0.830. The van der Waals surface area contributed by atoms with E-state index in [9.17, 15) is 4.79 Å². The topological polar surface area (TPSA) is 53.4 Å². The average molecular weight is 220 g/mol. The van der Waals surface area contributed by atoms with Crippen LogP contribution >= 0.6 is 0 Å². The average Bonchev–Trinajstić information content (AvgIpc) is 2.30. The summed E-state index contributed by atoms with van der Waals surface area (Å²) < 4.78 is 0. The van der Waals surface area contributed by atoms with Crippen LogP contribution in [0.25, 0.3) is 0 Å². The van der Waals surface area contributed by atoms with Crippen molar-refractivity contribution in [2.45, 2.75) is 25.7 Å². The van der Waals surface area contributed by atoms with Gasteiger partial charge >= 0.3 is 5.97 Å². The van der Waals surface area contributed by atoms with E-state index < -0.39 is 5.97 Å². The number of carbonyl (C=O) groups is 1. The lowest BCUT2D eigenvalue weighted by molar-refractivity contribution is -0.136. The lowest BCUT2D eigenvalue weighted by atomic mass is 10.1. The van der Waals surface area contributed by atoms with Crippen molar-refractivity contribution in [3.63, 3.8) is 0 Å². The quantitative estimate of drug-likeness (QED) is 0.842. The maximum Gasteiger partial charge on any atom is 0.309 e. The van der Waals surface area contributed by atoms with Gasteiger partial charge in [0.15, 0.2) is 0 Å². The first-order valence-corrected chi connectivity index (χ1v) is 5.67. The summed E-state index contributed by atoms with van der Waals surface area (Å²) in [6.07, 6.45) is 5.43. The first-order chi connectivity index (χ1) is 7.75. The number of anilines is 1. The molecule has 4 heteroatoms. The van der Waals surface area contributed by atoms with Gasteiger partial charge < -0.3 is 10.0 Å². The Labute approximate surface area is 94.9 Å². The van der Waals surface area contributed by atoms with Gasteiger partial charge in [0.1, 0.15) is 0 Å². The number of carboxylic acid groups (broad SMARTS) is 1. The third-order valence-electron chi connectivity index (χ3n) is 2.85. The van der Waals surface area contributed by atoms with E-state index in [0.29, 0.717) is 5.69 Å². The zero-order valence-electron chi connectivity index (χ0n) is 9.22. The molecule has 1 aliphatic rings. The molecule has 0 amide bonds. The Morgan fingerprint density at radius 2 is 2.12 bits per heavy atom. The molecule has 1 aliphatic heterocycles. The molecule has 4 nitrogen and oxygen atoms in total. The van der Waals surface area contributed by atoms with E-state index in [-0.39, 0.29) is 6.42 Å². The number of nitrogens with zero attached hydrogens (tertiary/aromatic N) is 2. The monoisotopic (exact) mass is 220 g/mol. The molecule has 1 saturated heterocycles. The molecule has 0 saturated carbocycles. The molecule has 1 fully saturated rings. The number of aliphatic carboxylic acids is 1. The second kappa shape index (κ2) is 4.96. The van der Waals surface area contributed by atoms with E-state index in [1.54, 1.807) is 6.20 Å². The summed E-state index contributed by atoms with van der Waals surface area (Å²) in [5.41, 5.74) is 1.74. The van der Waals surface area contributed by atoms with Crippen molar-refractivity contribution in [2.75, 3.05) is 18.0 Å². The predicted molar refractivity (Wildman–Crippen MR) is 61.6 cm³/mol. The van der Waals surface area contributed by atoms with Crippen LogP contribution in [-0.2, 0) is 11.2 Å². The van der Waals surface area contributed by atoms with Gasteiger partial charge in [-0.15, -0.1) is 0 Å². The maximum absolute atomic E-state index is 10.6. The van der Waals surface area contributed by atoms with Crippen molar-refractivity contribution in [3.05, 3.63) is 24.0 Å². The number of hydrogen-bond acceptors (Lipinski definition) is 3. The van der Waals surface area contributed by atoms with Crippen LogP contribution in [0.5, 0.6) is 0 Å². The molecular formula is C12H16N2O2. The second-order valence-corrected chi connectivity index (χ2v) is 4.12. The molecule has 2 heterocycles. The van der Waals surface area contributed by atoms with Crippen LogP contribution in [0, 0.1) is 0 Å². The molecule has 1 aromatic heterocycles. The molecule has 1 aromatic rings. The largest absolute Gasteiger partial charge is 0.481 e. The molecule has 0 radical (unpaired) electrons. The van der Waals surface area contributed by atoms with Crippen molar-refractivity contribution in [1.29, 1.82) is 0 Å². The van der Waals surface area contributed by atoms with E-state index in [0.717, 1.165) is 18.8 Å². The van der Waals surface area contributed by atoms with Gasteiger partial charge in [-0.2, -0.15) is 0 Å². The molecule has 0 spiro atoms. The van der Waals surface area contributed by atoms with Crippen LogP contribution in [-0.4, -0.2) is 29.1 Å². The first kappa shape index (κ1) is 10.9. The number of hydrogen-bond donors (Lipinski definition) is 1. The standard InChI is InChI=1S/C12H16N2O2/c15-12(16)9-10-8-11(4-5-13-10)14-6-2-1-3-7-14/h4-5,8H,1-3,6-7,9H2,(H,15,16). The molecule has 86 valence electrons. The number of carboxylic acids is 1. The molecule has 0 unspecified atom stereocenters. The van der Waals surface area contributed by atoms with Crippen molar-refractivity contribution in [3.8, 4) is 0 Å². The second-order valence-electron chi connectivity index (χ2n) is 4.12. The lowest BCUT2D eigenvalue weighted by Crippen LogP contribution is -2.29. The van der Waals surface area contributed by atoms with Gasteiger partial charge in [-0.25, -0.2) is 0 Å². The van der Waals surface area contributed by atoms with Gasteiger partial charge in [0.25, 0.3) is 0 Å².